The Balaban J connectivity index is 0.000000255. The molecule has 1 amide bonds. The molecule has 0 unspecified atom stereocenters. The first-order chi connectivity index (χ1) is 20.4. The zero-order valence-corrected chi connectivity index (χ0v) is 24.5. The Morgan fingerprint density at radius 3 is 2.26 bits per heavy atom. The number of anilines is 1. The summed E-state index contributed by atoms with van der Waals surface area (Å²) in [7, 11) is 0. The Labute approximate surface area is 249 Å². The van der Waals surface area contributed by atoms with Crippen LogP contribution in [0.1, 0.15) is 50.2 Å². The molecule has 8 nitrogen and oxygen atoms in total. The second-order valence-electron chi connectivity index (χ2n) is 11.2. The number of benzene rings is 3. The summed E-state index contributed by atoms with van der Waals surface area (Å²) in [6.07, 6.45) is 1.50. The Bertz CT molecular complexity index is 1420. The minimum absolute atomic E-state index is 0.122. The van der Waals surface area contributed by atoms with Crippen molar-refractivity contribution in [2.75, 3.05) is 37.7 Å². The average Bonchev–Trinajstić information content (AvgIpc) is 2.99. The van der Waals surface area contributed by atoms with E-state index in [9.17, 15) is 33.2 Å². The van der Waals surface area contributed by atoms with Crippen LogP contribution in [0.5, 0.6) is 5.75 Å². The maximum Gasteiger partial charge on any atom is 0.423 e. The monoisotopic (exact) mass is 601 g/mol. The number of halogens is 3. The van der Waals surface area contributed by atoms with Gasteiger partial charge in [0.05, 0.1) is 11.0 Å². The van der Waals surface area contributed by atoms with Gasteiger partial charge in [-0.25, -0.2) is 0 Å². The largest absolute Gasteiger partial charge is 0.508 e. The van der Waals surface area contributed by atoms with Gasteiger partial charge in [0, 0.05) is 37.9 Å². The fourth-order valence-corrected chi connectivity index (χ4v) is 5.65. The maximum absolute atomic E-state index is 12.6. The third-order valence-electron chi connectivity index (χ3n) is 8.27. The highest BCUT2D eigenvalue weighted by molar-refractivity contribution is 5.87. The van der Waals surface area contributed by atoms with Gasteiger partial charge in [0.15, 0.2) is 0 Å². The van der Waals surface area contributed by atoms with E-state index in [-0.39, 0.29) is 24.4 Å². The van der Waals surface area contributed by atoms with E-state index in [4.69, 9.17) is 4.74 Å². The van der Waals surface area contributed by atoms with Crippen molar-refractivity contribution < 1.29 is 32.7 Å². The summed E-state index contributed by atoms with van der Waals surface area (Å²) in [5.74, 6) is 1.26. The number of ether oxygens (including phenoxy) is 1. The molecule has 5 rings (SSSR count). The maximum atomic E-state index is 12.6. The van der Waals surface area contributed by atoms with Crippen LogP contribution in [0, 0.1) is 23.0 Å². The zero-order valence-electron chi connectivity index (χ0n) is 24.5. The van der Waals surface area contributed by atoms with Gasteiger partial charge in [-0.3, -0.25) is 14.9 Å². The number of aryl methyl sites for hydroxylation is 1. The van der Waals surface area contributed by atoms with Crippen molar-refractivity contribution in [1.82, 2.24) is 4.90 Å². The van der Waals surface area contributed by atoms with Crippen molar-refractivity contribution in [3.05, 3.63) is 75.8 Å². The number of carbonyl (C=O) groups is 1. The summed E-state index contributed by atoms with van der Waals surface area (Å²) >= 11 is 0. The molecule has 1 heterocycles. The molecule has 0 aromatic heterocycles. The highest BCUT2D eigenvalue weighted by atomic mass is 19.4. The second kappa shape index (κ2) is 14.1. The van der Waals surface area contributed by atoms with Crippen molar-refractivity contribution in [1.29, 1.82) is 0 Å². The highest BCUT2D eigenvalue weighted by Gasteiger charge is 2.38. The molecule has 0 bridgehead atoms. The number of alkyl halides is 3. The van der Waals surface area contributed by atoms with Gasteiger partial charge in [-0.05, 0) is 79.6 Å². The van der Waals surface area contributed by atoms with Crippen LogP contribution in [0.2, 0.25) is 0 Å². The number of amides is 1. The second-order valence-corrected chi connectivity index (χ2v) is 11.2. The van der Waals surface area contributed by atoms with Crippen molar-refractivity contribution in [2.45, 2.75) is 58.2 Å². The van der Waals surface area contributed by atoms with E-state index in [0.29, 0.717) is 5.56 Å². The van der Waals surface area contributed by atoms with E-state index in [1.165, 1.54) is 37.9 Å². The Hall–Kier alpha value is -3.86. The molecule has 1 N–H and O–H groups in total. The van der Waals surface area contributed by atoms with Crippen LogP contribution in [0.3, 0.4) is 0 Å². The van der Waals surface area contributed by atoms with Crippen LogP contribution >= 0.6 is 0 Å². The van der Waals surface area contributed by atoms with Gasteiger partial charge >= 0.3 is 6.18 Å². The summed E-state index contributed by atoms with van der Waals surface area (Å²) in [6.45, 7) is 7.06. The van der Waals surface area contributed by atoms with Crippen LogP contribution in [0.4, 0.5) is 24.5 Å². The number of nitrogens with zero attached hydrogens (tertiary/aromatic N) is 3. The molecule has 43 heavy (non-hydrogen) atoms. The quantitative estimate of drug-likeness (QED) is 0.239. The first-order valence-corrected chi connectivity index (χ1v) is 14.6. The third-order valence-corrected chi connectivity index (χ3v) is 8.27. The predicted molar refractivity (Wildman–Crippen MR) is 159 cm³/mol. The van der Waals surface area contributed by atoms with Crippen LogP contribution in [0.25, 0.3) is 10.8 Å². The molecule has 1 aliphatic heterocycles. The van der Waals surface area contributed by atoms with Crippen molar-refractivity contribution in [3.63, 3.8) is 0 Å². The van der Waals surface area contributed by atoms with Gasteiger partial charge in [0.1, 0.15) is 17.9 Å². The molecule has 0 radical (unpaired) electrons. The van der Waals surface area contributed by atoms with Crippen LogP contribution in [0.15, 0.2) is 54.6 Å². The molecule has 0 spiro atoms. The van der Waals surface area contributed by atoms with Crippen molar-refractivity contribution in [2.24, 2.45) is 5.92 Å². The van der Waals surface area contributed by atoms with E-state index in [2.05, 4.69) is 24.0 Å². The lowest BCUT2D eigenvalue weighted by atomic mass is 9.86. The highest BCUT2D eigenvalue weighted by Crippen LogP contribution is 2.36. The van der Waals surface area contributed by atoms with E-state index < -0.39 is 22.4 Å². The minimum atomic E-state index is -4.69. The molecular formula is C32H38F3N3O5. The number of nitro groups is 1. The van der Waals surface area contributed by atoms with Crippen LogP contribution in [-0.4, -0.2) is 59.7 Å². The van der Waals surface area contributed by atoms with Gasteiger partial charge in [0.25, 0.3) is 5.69 Å². The number of phenols is 1. The van der Waals surface area contributed by atoms with Crippen LogP contribution < -0.4 is 4.90 Å². The Kier molecular flexibility index (Phi) is 10.5. The van der Waals surface area contributed by atoms with E-state index in [0.717, 1.165) is 67.8 Å². The lowest BCUT2D eigenvalue weighted by Crippen LogP contribution is -2.50. The van der Waals surface area contributed by atoms with Gasteiger partial charge in [-0.1, -0.05) is 37.1 Å². The molecule has 232 valence electrons. The van der Waals surface area contributed by atoms with Crippen molar-refractivity contribution in [3.8, 4) is 5.75 Å². The number of fused-ring (bicyclic) bond motifs is 1. The summed E-state index contributed by atoms with van der Waals surface area (Å²) in [4.78, 5) is 26.1. The lowest BCUT2D eigenvalue weighted by Gasteiger charge is -2.36. The van der Waals surface area contributed by atoms with Crippen molar-refractivity contribution >= 4 is 28.1 Å². The first-order valence-electron chi connectivity index (χ1n) is 14.6. The number of nitro benzene ring substituents is 1. The molecule has 0 atom stereocenters. The number of rotatable bonds is 6. The molecule has 3 aromatic rings. The number of hydrogen-bond donors (Lipinski definition) is 1. The number of hydrogen-bond acceptors (Lipinski definition) is 6. The molecule has 1 saturated carbocycles. The topological polar surface area (TPSA) is 96.2 Å². The molecule has 1 aliphatic carbocycles. The van der Waals surface area contributed by atoms with Gasteiger partial charge in [-0.15, -0.1) is 0 Å². The van der Waals surface area contributed by atoms with Gasteiger partial charge < -0.3 is 19.6 Å². The van der Waals surface area contributed by atoms with E-state index >= 15 is 0 Å². The molecule has 2 fully saturated rings. The van der Waals surface area contributed by atoms with E-state index in [1.54, 1.807) is 12.1 Å². The number of piperazine rings is 1. The number of carbonyl (C=O) groups excluding carboxylic acids is 1. The SMILES string of the molecule is CCC1CCC(OCC(=O)N2CCN(c3ccc4cc(O)ccc4c3)CC2)CC1.Cc1ccc([N+](=O)[O-])c(C(F)(F)F)c1. The van der Waals surface area contributed by atoms with Gasteiger partial charge in [0.2, 0.25) is 5.91 Å². The number of aromatic hydroxyl groups is 1. The average molecular weight is 602 g/mol. The summed E-state index contributed by atoms with van der Waals surface area (Å²) in [6, 6.07) is 14.6. The molecule has 3 aromatic carbocycles. The predicted octanol–water partition coefficient (Wildman–Crippen LogP) is 7.10. The molecule has 2 aliphatic rings. The first kappa shape index (κ1) is 32.1. The Morgan fingerprint density at radius 2 is 1.63 bits per heavy atom. The summed E-state index contributed by atoms with van der Waals surface area (Å²) in [5, 5.41) is 22.1. The smallest absolute Gasteiger partial charge is 0.423 e. The molecule has 1 saturated heterocycles. The fraction of sp³-hybridized carbons (Fsp3) is 0.469. The van der Waals surface area contributed by atoms with E-state index in [1.807, 2.05) is 17.0 Å². The fourth-order valence-electron chi connectivity index (χ4n) is 5.65. The number of phenolic OH excluding ortho intramolecular Hbond substituents is 1. The zero-order chi connectivity index (χ0) is 31.1. The summed E-state index contributed by atoms with van der Waals surface area (Å²) in [5.41, 5.74) is -0.618. The Morgan fingerprint density at radius 1 is 0.977 bits per heavy atom. The third kappa shape index (κ3) is 8.59. The molecular weight excluding hydrogens is 563 g/mol. The normalized spacial score (nSPS) is 19.1. The van der Waals surface area contributed by atoms with Gasteiger partial charge in [-0.2, -0.15) is 13.2 Å². The minimum Gasteiger partial charge on any atom is -0.508 e. The standard InChI is InChI=1S/C24H32N2O3.C8H6F3NO2/c1-2-18-3-9-23(10-4-18)29-17-24(28)26-13-11-25(12-14-26)21-7-5-20-16-22(27)8-6-19(20)15-21;1-5-2-3-7(12(13)14)6(4-5)8(9,10)11/h5-8,15-16,18,23,27H,2-4,9-14,17H2,1H3;2-4H,1H3. The van der Waals surface area contributed by atoms with Crippen LogP contribution in [-0.2, 0) is 15.7 Å². The summed E-state index contributed by atoms with van der Waals surface area (Å²) < 4.78 is 42.8. The molecule has 11 heteroatoms. The lowest BCUT2D eigenvalue weighted by molar-refractivity contribution is -0.388.